The Labute approximate surface area is 142 Å². The number of rotatable bonds is 6. The molecule has 126 valence electrons. The number of ether oxygens (including phenoxy) is 1. The molecule has 1 saturated carbocycles. The molecule has 0 aliphatic heterocycles. The zero-order valence-corrected chi connectivity index (χ0v) is 14.0. The first-order valence-electron chi connectivity index (χ1n) is 6.92. The van der Waals surface area contributed by atoms with Gasteiger partial charge in [-0.25, -0.2) is 0 Å². The number of hydrogen-bond donors (Lipinski definition) is 1. The van der Waals surface area contributed by atoms with E-state index < -0.39 is 29.3 Å². The number of halogens is 4. The van der Waals surface area contributed by atoms with Gasteiger partial charge < -0.3 is 9.84 Å². The summed E-state index contributed by atoms with van der Waals surface area (Å²) in [4.78, 5) is 11.9. The van der Waals surface area contributed by atoms with Crippen molar-refractivity contribution >= 4 is 29.2 Å². The first kappa shape index (κ1) is 18.0. The number of alkyl halides is 2. The summed E-state index contributed by atoms with van der Waals surface area (Å²) in [5.41, 5.74) is -1.39. The minimum absolute atomic E-state index is 0.0108. The van der Waals surface area contributed by atoms with E-state index in [0.717, 1.165) is 0 Å². The number of para-hydroxylation sites is 1. The smallest absolute Gasteiger partial charge is 0.387 e. The quantitative estimate of drug-likeness (QED) is 0.782. The van der Waals surface area contributed by atoms with E-state index in [-0.39, 0.29) is 16.7 Å². The number of aliphatic carboxylic acids is 1. The molecular formula is C16H16Cl2F2O3. The molecule has 2 rings (SSSR count). The molecule has 0 radical (unpaired) electrons. The third kappa shape index (κ3) is 3.17. The molecule has 23 heavy (non-hydrogen) atoms. The van der Waals surface area contributed by atoms with Gasteiger partial charge in [0.15, 0.2) is 0 Å². The van der Waals surface area contributed by atoms with Crippen molar-refractivity contribution in [3.05, 3.63) is 40.4 Å². The number of hydrogen-bond acceptors (Lipinski definition) is 2. The predicted octanol–water partition coefficient (Wildman–Crippen LogP) is 4.88. The molecular weight excluding hydrogens is 349 g/mol. The normalized spacial score (nSPS) is 25.1. The molecule has 2 atom stereocenters. The van der Waals surface area contributed by atoms with Crippen LogP contribution in [0.15, 0.2) is 34.8 Å². The Morgan fingerprint density at radius 3 is 2.52 bits per heavy atom. The molecule has 0 bridgehead atoms. The molecule has 1 aliphatic rings. The fourth-order valence-corrected chi connectivity index (χ4v) is 3.61. The summed E-state index contributed by atoms with van der Waals surface area (Å²) in [5, 5.41) is 9.75. The Balaban J connectivity index is 2.40. The summed E-state index contributed by atoms with van der Waals surface area (Å²) in [7, 11) is 0. The highest BCUT2D eigenvalue weighted by molar-refractivity contribution is 6.55. The maximum atomic E-state index is 12.5. The monoisotopic (exact) mass is 364 g/mol. The number of allylic oxidation sites excluding steroid dienone is 1. The maximum absolute atomic E-state index is 12.5. The molecule has 2 unspecified atom stereocenters. The van der Waals surface area contributed by atoms with Crippen LogP contribution in [-0.4, -0.2) is 17.7 Å². The molecule has 0 spiro atoms. The second-order valence-corrected chi connectivity index (χ2v) is 7.10. The van der Waals surface area contributed by atoms with E-state index in [2.05, 4.69) is 4.74 Å². The summed E-state index contributed by atoms with van der Waals surface area (Å²) in [5.74, 6) is -1.45. The molecule has 0 heterocycles. The zero-order chi connectivity index (χ0) is 17.4. The third-order valence-electron chi connectivity index (χ3n) is 4.71. The fourth-order valence-electron chi connectivity index (χ4n) is 3.36. The van der Waals surface area contributed by atoms with Crippen LogP contribution in [0.1, 0.15) is 19.4 Å². The first-order chi connectivity index (χ1) is 10.6. The molecule has 1 N–H and O–H groups in total. The van der Waals surface area contributed by atoms with E-state index in [0.29, 0.717) is 5.56 Å². The van der Waals surface area contributed by atoms with Crippen molar-refractivity contribution in [1.82, 2.24) is 0 Å². The Bertz CT molecular complexity index is 642. The van der Waals surface area contributed by atoms with Crippen LogP contribution >= 0.6 is 23.2 Å². The van der Waals surface area contributed by atoms with Gasteiger partial charge in [0.05, 0.1) is 5.41 Å². The van der Waals surface area contributed by atoms with Gasteiger partial charge in [-0.15, -0.1) is 0 Å². The van der Waals surface area contributed by atoms with Gasteiger partial charge in [-0.1, -0.05) is 55.2 Å². The van der Waals surface area contributed by atoms with E-state index in [1.165, 1.54) is 12.1 Å². The van der Waals surface area contributed by atoms with Gasteiger partial charge in [-0.05, 0) is 29.5 Å². The molecule has 1 aliphatic carbocycles. The van der Waals surface area contributed by atoms with E-state index in [9.17, 15) is 18.7 Å². The molecule has 0 saturated heterocycles. The van der Waals surface area contributed by atoms with Crippen molar-refractivity contribution < 1.29 is 23.4 Å². The Morgan fingerprint density at radius 2 is 2.00 bits per heavy atom. The lowest BCUT2D eigenvalue weighted by Gasteiger charge is -2.18. The van der Waals surface area contributed by atoms with Gasteiger partial charge in [0.25, 0.3) is 0 Å². The highest BCUT2D eigenvalue weighted by Crippen LogP contribution is 2.71. The van der Waals surface area contributed by atoms with Crippen molar-refractivity contribution in [1.29, 1.82) is 0 Å². The topological polar surface area (TPSA) is 46.5 Å². The average molecular weight is 365 g/mol. The standard InChI is InChI=1S/C16H16Cl2F2O3/c1-15(2)11(7-12(17)18)16(15,13(21)22)8-9-5-3-4-6-10(9)23-14(19)20/h3-7,11,14H,8H2,1-2H3,(H,21,22). The van der Waals surface area contributed by atoms with E-state index in [1.807, 2.05) is 0 Å². The van der Waals surface area contributed by atoms with Crippen LogP contribution in [0.3, 0.4) is 0 Å². The van der Waals surface area contributed by atoms with Crippen LogP contribution in [-0.2, 0) is 11.2 Å². The Morgan fingerprint density at radius 1 is 1.39 bits per heavy atom. The van der Waals surface area contributed by atoms with Gasteiger partial charge in [0.2, 0.25) is 0 Å². The summed E-state index contributed by atoms with van der Waals surface area (Å²) in [6.45, 7) is 0.600. The van der Waals surface area contributed by atoms with Gasteiger partial charge in [-0.3, -0.25) is 4.79 Å². The molecule has 3 nitrogen and oxygen atoms in total. The van der Waals surface area contributed by atoms with Crippen molar-refractivity contribution in [3.63, 3.8) is 0 Å². The summed E-state index contributed by atoms with van der Waals surface area (Å²) >= 11 is 11.4. The largest absolute Gasteiger partial charge is 0.481 e. The van der Waals surface area contributed by atoms with Crippen LogP contribution in [0.5, 0.6) is 5.75 Å². The zero-order valence-electron chi connectivity index (χ0n) is 12.5. The van der Waals surface area contributed by atoms with Crippen LogP contribution < -0.4 is 4.74 Å². The maximum Gasteiger partial charge on any atom is 0.387 e. The summed E-state index contributed by atoms with van der Waals surface area (Å²) in [6, 6.07) is 6.18. The number of carboxylic acids is 1. The molecule has 1 aromatic carbocycles. The molecule has 1 aromatic rings. The SMILES string of the molecule is CC1(C)C(C=C(Cl)Cl)C1(Cc1ccccc1OC(F)F)C(=O)O. The molecule has 0 amide bonds. The van der Waals surface area contributed by atoms with Crippen molar-refractivity contribution in [2.24, 2.45) is 16.7 Å². The Kier molecular flexibility index (Phi) is 4.92. The second kappa shape index (κ2) is 6.29. The fraction of sp³-hybridized carbons (Fsp3) is 0.438. The van der Waals surface area contributed by atoms with Crippen LogP contribution in [0.25, 0.3) is 0 Å². The Hall–Kier alpha value is -1.33. The minimum atomic E-state index is -2.97. The van der Waals surface area contributed by atoms with Gasteiger partial charge in [0.1, 0.15) is 10.2 Å². The average Bonchev–Trinajstić information content (AvgIpc) is 2.87. The third-order valence-corrected chi connectivity index (χ3v) is 4.96. The summed E-state index contributed by atoms with van der Waals surface area (Å²) in [6.07, 6.45) is 1.54. The molecule has 0 aromatic heterocycles. The second-order valence-electron chi connectivity index (χ2n) is 6.10. The highest BCUT2D eigenvalue weighted by Gasteiger charge is 2.74. The van der Waals surface area contributed by atoms with Crippen LogP contribution in [0.2, 0.25) is 0 Å². The lowest BCUT2D eigenvalue weighted by atomic mass is 9.88. The highest BCUT2D eigenvalue weighted by atomic mass is 35.5. The minimum Gasteiger partial charge on any atom is -0.481 e. The molecule has 1 fully saturated rings. The van der Waals surface area contributed by atoms with Gasteiger partial charge in [-0.2, -0.15) is 8.78 Å². The van der Waals surface area contributed by atoms with Crippen LogP contribution in [0.4, 0.5) is 8.78 Å². The predicted molar refractivity (Wildman–Crippen MR) is 83.9 cm³/mol. The lowest BCUT2D eigenvalue weighted by Crippen LogP contribution is -2.24. The number of carbonyl (C=O) groups is 1. The van der Waals surface area contributed by atoms with Crippen molar-refractivity contribution in [2.45, 2.75) is 26.9 Å². The van der Waals surface area contributed by atoms with Gasteiger partial charge in [0, 0.05) is 5.92 Å². The first-order valence-corrected chi connectivity index (χ1v) is 7.67. The van der Waals surface area contributed by atoms with Gasteiger partial charge >= 0.3 is 12.6 Å². The van der Waals surface area contributed by atoms with E-state index in [1.54, 1.807) is 32.0 Å². The van der Waals surface area contributed by atoms with Crippen molar-refractivity contribution in [2.75, 3.05) is 0 Å². The number of carboxylic acid groups (broad SMARTS) is 1. The molecule has 7 heteroatoms. The van der Waals surface area contributed by atoms with E-state index >= 15 is 0 Å². The lowest BCUT2D eigenvalue weighted by molar-refractivity contribution is -0.145. The number of benzene rings is 1. The van der Waals surface area contributed by atoms with Crippen LogP contribution in [0, 0.1) is 16.7 Å². The van der Waals surface area contributed by atoms with Crippen molar-refractivity contribution in [3.8, 4) is 5.75 Å². The van der Waals surface area contributed by atoms with E-state index in [4.69, 9.17) is 23.2 Å². The summed E-state index contributed by atoms with van der Waals surface area (Å²) < 4.78 is 29.5.